The molecule has 1 amide bonds. The molecule has 1 aromatic rings. The number of allylic oxidation sites excluding steroid dienone is 1. The normalized spacial score (nSPS) is 17.4. The number of halogens is 4. The number of methoxy groups -OCH3 is 1. The van der Waals surface area contributed by atoms with Crippen molar-refractivity contribution in [2.75, 3.05) is 26.9 Å². The van der Waals surface area contributed by atoms with E-state index in [-0.39, 0.29) is 42.5 Å². The minimum absolute atomic E-state index is 0. The maximum Gasteiger partial charge on any atom is 0.256 e. The van der Waals surface area contributed by atoms with Gasteiger partial charge in [0.25, 0.3) is 6.43 Å². The van der Waals surface area contributed by atoms with E-state index < -0.39 is 13.0 Å². The van der Waals surface area contributed by atoms with Crippen LogP contribution in [-0.2, 0) is 42.2 Å². The molecule has 9 heteroatoms. The zero-order valence-corrected chi connectivity index (χ0v) is 20.1. The molecule has 135 valence electrons. The summed E-state index contributed by atoms with van der Waals surface area (Å²) in [6, 6.07) is 5.19. The first-order chi connectivity index (χ1) is 11.4. The van der Waals surface area contributed by atoms with Crippen LogP contribution in [0.4, 0.5) is 8.78 Å². The Morgan fingerprint density at radius 1 is 1.44 bits per heavy atom. The standard InChI is InChI=1S/C16H16BrF2INO3.Y/c1-23-6-7-24-10-2-3-11(12(17)8-10)14-5-4-13(20)16(22)21(14)9-15(18)19;/h2-3,8,13,15H,4,6-7,9H2,1H3;/q-1;. The van der Waals surface area contributed by atoms with Crippen molar-refractivity contribution in [3.05, 3.63) is 34.3 Å². The topological polar surface area (TPSA) is 38.8 Å². The molecule has 1 radical (unpaired) electrons. The number of amides is 1. The molecular weight excluding hydrogens is 588 g/mol. The Hall–Kier alpha value is 0.364. The first kappa shape index (κ1) is 23.4. The van der Waals surface area contributed by atoms with Gasteiger partial charge in [-0.15, -0.1) is 17.3 Å². The van der Waals surface area contributed by atoms with E-state index in [1.165, 1.54) is 0 Å². The number of hydrogen-bond acceptors (Lipinski definition) is 3. The number of carbonyl (C=O) groups excluding carboxylic acids is 1. The Morgan fingerprint density at radius 3 is 2.76 bits per heavy atom. The van der Waals surface area contributed by atoms with Gasteiger partial charge in [0.2, 0.25) is 5.91 Å². The molecule has 0 spiro atoms. The summed E-state index contributed by atoms with van der Waals surface area (Å²) >= 11 is 5.37. The number of carbonyl (C=O) groups is 1. The summed E-state index contributed by atoms with van der Waals surface area (Å²) < 4.78 is 36.4. The number of alkyl halides is 3. The SMILES string of the molecule is COCCOc1ccc(C2=[C-]CC(I)C(=O)N2CC(F)F)c(Br)c1.[Y]. The molecule has 0 saturated carbocycles. The third kappa shape index (κ3) is 6.48. The number of ether oxygens (including phenoxy) is 2. The molecule has 2 rings (SSSR count). The van der Waals surface area contributed by atoms with Crippen molar-refractivity contribution >= 4 is 50.1 Å². The van der Waals surface area contributed by atoms with Crippen LogP contribution in [0.15, 0.2) is 22.7 Å². The zero-order valence-electron chi connectivity index (χ0n) is 13.5. The summed E-state index contributed by atoms with van der Waals surface area (Å²) in [5.74, 6) is 0.301. The third-order valence-corrected chi connectivity index (χ3v) is 4.95. The van der Waals surface area contributed by atoms with Crippen LogP contribution in [0.25, 0.3) is 5.70 Å². The van der Waals surface area contributed by atoms with Gasteiger partial charge in [0, 0.05) is 39.8 Å². The summed E-state index contributed by atoms with van der Waals surface area (Å²) in [5.41, 5.74) is 1.01. The molecule has 0 fully saturated rings. The molecule has 0 bridgehead atoms. The molecular formula is C16H16BrF2INO3Y-. The van der Waals surface area contributed by atoms with Gasteiger partial charge in [0.05, 0.1) is 17.1 Å². The zero-order chi connectivity index (χ0) is 17.7. The fourth-order valence-electron chi connectivity index (χ4n) is 2.23. The first-order valence-electron chi connectivity index (χ1n) is 7.20. The molecule has 0 N–H and O–H groups in total. The molecule has 1 aliphatic rings. The summed E-state index contributed by atoms with van der Waals surface area (Å²) in [5, 5.41) is 0. The summed E-state index contributed by atoms with van der Waals surface area (Å²) in [7, 11) is 1.59. The van der Waals surface area contributed by atoms with Crippen LogP contribution in [-0.4, -0.2) is 48.0 Å². The Balaban J connectivity index is 0.00000312. The second-order valence-corrected chi connectivity index (χ2v) is 7.38. The number of rotatable bonds is 7. The van der Waals surface area contributed by atoms with Crippen molar-refractivity contribution in [2.24, 2.45) is 0 Å². The Morgan fingerprint density at radius 2 is 2.16 bits per heavy atom. The number of hydrogen-bond donors (Lipinski definition) is 0. The molecule has 1 aliphatic heterocycles. The second-order valence-electron chi connectivity index (χ2n) is 5.02. The molecule has 1 unspecified atom stereocenters. The molecule has 25 heavy (non-hydrogen) atoms. The van der Waals surface area contributed by atoms with Crippen molar-refractivity contribution in [3.8, 4) is 5.75 Å². The summed E-state index contributed by atoms with van der Waals surface area (Å²) in [6.07, 6.45) is 0.861. The van der Waals surface area contributed by atoms with Crippen LogP contribution >= 0.6 is 38.5 Å². The Labute approximate surface area is 192 Å². The van der Waals surface area contributed by atoms with Crippen LogP contribution in [0.1, 0.15) is 12.0 Å². The average molecular weight is 604 g/mol. The van der Waals surface area contributed by atoms with Crippen LogP contribution in [0.3, 0.4) is 0 Å². The van der Waals surface area contributed by atoms with Crippen LogP contribution in [0.5, 0.6) is 5.75 Å². The van der Waals surface area contributed by atoms with Gasteiger partial charge in [-0.25, -0.2) is 14.9 Å². The number of benzene rings is 1. The van der Waals surface area contributed by atoms with Crippen LogP contribution in [0, 0.1) is 6.08 Å². The predicted octanol–water partition coefficient (Wildman–Crippen LogP) is 3.92. The largest absolute Gasteiger partial charge is 0.491 e. The van der Waals surface area contributed by atoms with Gasteiger partial charge in [0.15, 0.2) is 0 Å². The van der Waals surface area contributed by atoms with Gasteiger partial charge in [-0.2, -0.15) is 0 Å². The molecule has 1 heterocycles. The van der Waals surface area contributed by atoms with Gasteiger partial charge >= 0.3 is 0 Å². The van der Waals surface area contributed by atoms with E-state index in [9.17, 15) is 13.6 Å². The summed E-state index contributed by atoms with van der Waals surface area (Å²) in [4.78, 5) is 13.4. The van der Waals surface area contributed by atoms with Gasteiger partial charge in [-0.3, -0.25) is 4.79 Å². The third-order valence-electron chi connectivity index (χ3n) is 3.33. The minimum atomic E-state index is -2.61. The predicted molar refractivity (Wildman–Crippen MR) is 98.3 cm³/mol. The molecule has 0 aliphatic carbocycles. The van der Waals surface area contributed by atoms with E-state index in [1.54, 1.807) is 25.3 Å². The van der Waals surface area contributed by atoms with Crippen LogP contribution < -0.4 is 4.74 Å². The molecule has 0 aromatic heterocycles. The van der Waals surface area contributed by atoms with Crippen molar-refractivity contribution < 1.29 is 55.8 Å². The molecule has 4 nitrogen and oxygen atoms in total. The average Bonchev–Trinajstić information content (AvgIpc) is 2.53. The number of nitrogens with zero attached hydrogens (tertiary/aromatic N) is 1. The van der Waals surface area contributed by atoms with Gasteiger partial charge in [0.1, 0.15) is 12.4 Å². The van der Waals surface area contributed by atoms with E-state index in [0.717, 1.165) is 4.90 Å². The van der Waals surface area contributed by atoms with Crippen molar-refractivity contribution in [3.63, 3.8) is 0 Å². The Bertz CT molecular complexity index is 633. The van der Waals surface area contributed by atoms with Gasteiger partial charge in [-0.05, 0) is 12.1 Å². The van der Waals surface area contributed by atoms with Gasteiger partial charge in [-0.1, -0.05) is 49.4 Å². The fourth-order valence-corrected chi connectivity index (χ4v) is 3.33. The second kappa shape index (κ2) is 11.3. The van der Waals surface area contributed by atoms with E-state index in [0.29, 0.717) is 41.1 Å². The van der Waals surface area contributed by atoms with Crippen LogP contribution in [0.2, 0.25) is 0 Å². The van der Waals surface area contributed by atoms with Gasteiger partial charge < -0.3 is 14.4 Å². The van der Waals surface area contributed by atoms with E-state index in [4.69, 9.17) is 9.47 Å². The maximum absolute atomic E-state index is 12.9. The van der Waals surface area contributed by atoms with Crippen molar-refractivity contribution in [1.29, 1.82) is 0 Å². The maximum atomic E-state index is 12.9. The van der Waals surface area contributed by atoms with E-state index >= 15 is 0 Å². The quantitative estimate of drug-likeness (QED) is 0.205. The molecule has 1 atom stereocenters. The summed E-state index contributed by atoms with van der Waals surface area (Å²) in [6.45, 7) is 0.231. The fraction of sp³-hybridized carbons (Fsp3) is 0.438. The van der Waals surface area contributed by atoms with E-state index in [1.807, 2.05) is 22.6 Å². The minimum Gasteiger partial charge on any atom is -0.491 e. The molecule has 1 aromatic carbocycles. The molecule has 0 saturated heterocycles. The van der Waals surface area contributed by atoms with E-state index in [2.05, 4.69) is 22.0 Å². The van der Waals surface area contributed by atoms with Crippen molar-refractivity contribution in [1.82, 2.24) is 4.90 Å². The van der Waals surface area contributed by atoms with Crippen molar-refractivity contribution in [2.45, 2.75) is 16.8 Å². The monoisotopic (exact) mass is 603 g/mol. The first-order valence-corrected chi connectivity index (χ1v) is 9.24. The Kier molecular flexibility index (Phi) is 10.5. The smallest absolute Gasteiger partial charge is 0.256 e.